The number of nitrogens with zero attached hydrogens (tertiary/aromatic N) is 3. The molecular formula is C37H57N5O6. The second kappa shape index (κ2) is 15.1. The van der Waals surface area contributed by atoms with Crippen LogP contribution in [0.5, 0.6) is 5.75 Å². The number of aliphatic hydroxyl groups is 1. The van der Waals surface area contributed by atoms with Gasteiger partial charge in [0.05, 0.1) is 33.0 Å². The Hall–Kier alpha value is -3.22. The molecule has 2 aliphatic rings. The molecule has 2 aromatic carbocycles. The van der Waals surface area contributed by atoms with Crippen LogP contribution in [0.3, 0.4) is 0 Å². The molecule has 0 spiro atoms. The first-order valence-corrected chi connectivity index (χ1v) is 17.0. The number of carbonyl (C=O) groups is 2. The van der Waals surface area contributed by atoms with Crippen molar-refractivity contribution < 1.29 is 29.1 Å². The van der Waals surface area contributed by atoms with Gasteiger partial charge in [0.2, 0.25) is 5.91 Å². The van der Waals surface area contributed by atoms with Crippen LogP contribution in [-0.2, 0) is 21.0 Å². The van der Waals surface area contributed by atoms with Crippen molar-refractivity contribution in [1.82, 2.24) is 15.4 Å². The molecule has 11 nitrogen and oxygen atoms in total. The highest BCUT2D eigenvalue weighted by atomic mass is 16.7. The van der Waals surface area contributed by atoms with Crippen LogP contribution in [-0.4, -0.2) is 93.2 Å². The van der Waals surface area contributed by atoms with Gasteiger partial charge in [-0.15, -0.1) is 0 Å². The quantitative estimate of drug-likeness (QED) is 0.300. The van der Waals surface area contributed by atoms with Crippen molar-refractivity contribution in [2.45, 2.75) is 78.8 Å². The molecule has 8 atom stereocenters. The van der Waals surface area contributed by atoms with Gasteiger partial charge in [-0.25, -0.2) is 5.06 Å². The van der Waals surface area contributed by atoms with Crippen LogP contribution in [0.2, 0.25) is 0 Å². The van der Waals surface area contributed by atoms with E-state index in [2.05, 4.69) is 39.9 Å². The molecule has 11 heteroatoms. The first-order valence-electron chi connectivity index (χ1n) is 17.0. The number of aliphatic hydroxyl groups excluding tert-OH is 1. The van der Waals surface area contributed by atoms with Crippen LogP contribution in [0, 0.1) is 29.1 Å². The zero-order chi connectivity index (χ0) is 35.7. The minimum atomic E-state index is -0.831. The van der Waals surface area contributed by atoms with Crippen LogP contribution < -0.4 is 20.7 Å². The van der Waals surface area contributed by atoms with Gasteiger partial charge in [-0.1, -0.05) is 52.8 Å². The SMILES string of the molecule is COc1c(CN2O[C@@H](CN)[C@@H]([C@H](C)O)[C@H]2C(=O)N[C@H]2C[C@@H](C)C(C)(C)[C@@H](C)[C@@H]2C)cccc1-c1cc(C(=O)N(C)OC)cc(N(C)C)c1. The van der Waals surface area contributed by atoms with Gasteiger partial charge in [-0.05, 0) is 60.3 Å². The number of rotatable bonds is 11. The Morgan fingerprint density at radius 2 is 1.83 bits per heavy atom. The van der Waals surface area contributed by atoms with Gasteiger partial charge in [0.25, 0.3) is 5.91 Å². The fraction of sp³-hybridized carbons (Fsp3) is 0.622. The van der Waals surface area contributed by atoms with Gasteiger partial charge < -0.3 is 25.8 Å². The highest BCUT2D eigenvalue weighted by Crippen LogP contribution is 2.47. The van der Waals surface area contributed by atoms with E-state index in [1.807, 2.05) is 55.4 Å². The van der Waals surface area contributed by atoms with Crippen molar-refractivity contribution in [3.63, 3.8) is 0 Å². The van der Waals surface area contributed by atoms with E-state index >= 15 is 0 Å². The standard InChI is InChI=1S/C37H57N5O6/c1-21-15-30(22(2)23(3)37(21,5)6)39-35(44)33-32(24(4)43)31(19-38)48-42(33)20-25-13-12-14-29(34(25)46-10)26-16-27(36(45)41(9)47-11)18-28(17-26)40(7)8/h12-14,16-18,21-24,30-33,43H,15,19-20,38H2,1-11H3,(H,39,44)/t21-,22+,23+,24+,30+,31+,32-,33+/m1/s1. The summed E-state index contributed by atoms with van der Waals surface area (Å²) in [6.45, 7) is 13.4. The van der Waals surface area contributed by atoms with Crippen LogP contribution in [0.15, 0.2) is 36.4 Å². The predicted octanol–water partition coefficient (Wildman–Crippen LogP) is 4.32. The number of benzene rings is 2. The number of para-hydroxylation sites is 1. The van der Waals surface area contributed by atoms with Gasteiger partial charge in [0, 0.05) is 62.0 Å². The maximum Gasteiger partial charge on any atom is 0.277 e. The van der Waals surface area contributed by atoms with E-state index in [4.69, 9.17) is 20.1 Å². The predicted molar refractivity (Wildman–Crippen MR) is 188 cm³/mol. The van der Waals surface area contributed by atoms with Crippen molar-refractivity contribution >= 4 is 17.5 Å². The highest BCUT2D eigenvalue weighted by Gasteiger charge is 2.51. The van der Waals surface area contributed by atoms with E-state index in [0.29, 0.717) is 23.1 Å². The number of anilines is 1. The Bertz CT molecular complexity index is 1450. The molecule has 2 aromatic rings. The van der Waals surface area contributed by atoms with Crippen LogP contribution in [0.4, 0.5) is 5.69 Å². The number of ether oxygens (including phenoxy) is 1. The third-order valence-electron chi connectivity index (χ3n) is 11.4. The zero-order valence-electron chi connectivity index (χ0n) is 30.6. The Kier molecular flexibility index (Phi) is 11.8. The molecule has 0 unspecified atom stereocenters. The number of hydroxylamine groups is 4. The molecule has 1 aliphatic carbocycles. The molecule has 0 bridgehead atoms. The Labute approximate surface area is 286 Å². The van der Waals surface area contributed by atoms with E-state index in [-0.39, 0.29) is 42.3 Å². The highest BCUT2D eigenvalue weighted by molar-refractivity contribution is 5.96. The topological polar surface area (TPSA) is 130 Å². The number of nitrogens with one attached hydrogen (secondary N) is 1. The molecule has 0 aromatic heterocycles. The van der Waals surface area contributed by atoms with E-state index < -0.39 is 24.2 Å². The molecule has 1 saturated carbocycles. The molecule has 48 heavy (non-hydrogen) atoms. The van der Waals surface area contributed by atoms with Crippen molar-refractivity contribution in [3.05, 3.63) is 47.5 Å². The van der Waals surface area contributed by atoms with Crippen molar-refractivity contribution in [2.75, 3.05) is 46.8 Å². The maximum atomic E-state index is 14.3. The lowest BCUT2D eigenvalue weighted by Gasteiger charge is -2.50. The molecule has 1 aliphatic heterocycles. The fourth-order valence-electron chi connectivity index (χ4n) is 7.51. The molecule has 266 valence electrons. The molecule has 1 heterocycles. The van der Waals surface area contributed by atoms with E-state index in [1.54, 1.807) is 26.1 Å². The zero-order valence-corrected chi connectivity index (χ0v) is 30.6. The summed E-state index contributed by atoms with van der Waals surface area (Å²) in [5.74, 6) is 0.721. The summed E-state index contributed by atoms with van der Waals surface area (Å²) in [5.41, 5.74) is 9.95. The van der Waals surface area contributed by atoms with Crippen molar-refractivity contribution in [1.29, 1.82) is 0 Å². The monoisotopic (exact) mass is 667 g/mol. The number of methoxy groups -OCH3 is 1. The lowest BCUT2D eigenvalue weighted by Crippen LogP contribution is -2.56. The first-order chi connectivity index (χ1) is 22.6. The molecule has 2 amide bonds. The van der Waals surface area contributed by atoms with Gasteiger partial charge in [-0.2, -0.15) is 5.06 Å². The summed E-state index contributed by atoms with van der Waals surface area (Å²) >= 11 is 0. The average Bonchev–Trinajstić information content (AvgIpc) is 3.44. The maximum absolute atomic E-state index is 14.3. The summed E-state index contributed by atoms with van der Waals surface area (Å²) in [6, 6.07) is 10.7. The van der Waals surface area contributed by atoms with E-state index in [1.165, 1.54) is 12.2 Å². The largest absolute Gasteiger partial charge is 0.496 e. The molecule has 0 radical (unpaired) electrons. The lowest BCUT2D eigenvalue weighted by atomic mass is 9.58. The van der Waals surface area contributed by atoms with Crippen LogP contribution in [0.25, 0.3) is 11.1 Å². The van der Waals surface area contributed by atoms with Crippen molar-refractivity contribution in [2.24, 2.45) is 34.8 Å². The molecular weight excluding hydrogens is 610 g/mol. The normalized spacial score (nSPS) is 27.7. The number of hydrogen-bond donors (Lipinski definition) is 3. The lowest BCUT2D eigenvalue weighted by molar-refractivity contribution is -0.174. The number of nitrogens with two attached hydrogens (primary N) is 1. The smallest absolute Gasteiger partial charge is 0.277 e. The summed E-state index contributed by atoms with van der Waals surface area (Å²) in [7, 11) is 8.46. The number of carbonyl (C=O) groups excluding carboxylic acids is 2. The fourth-order valence-corrected chi connectivity index (χ4v) is 7.51. The van der Waals surface area contributed by atoms with Crippen LogP contribution in [0.1, 0.15) is 63.9 Å². The van der Waals surface area contributed by atoms with E-state index in [0.717, 1.165) is 28.8 Å². The van der Waals surface area contributed by atoms with Crippen LogP contribution >= 0.6 is 0 Å². The molecule has 4 rings (SSSR count). The Morgan fingerprint density at radius 3 is 2.42 bits per heavy atom. The van der Waals surface area contributed by atoms with Gasteiger partial charge >= 0.3 is 0 Å². The van der Waals surface area contributed by atoms with E-state index in [9.17, 15) is 14.7 Å². The van der Waals surface area contributed by atoms with Gasteiger partial charge in [-0.3, -0.25) is 19.3 Å². The Morgan fingerprint density at radius 1 is 1.15 bits per heavy atom. The molecule has 4 N–H and O–H groups in total. The third kappa shape index (κ3) is 7.35. The Balaban J connectivity index is 1.71. The first kappa shape index (κ1) is 37.6. The molecule has 2 fully saturated rings. The van der Waals surface area contributed by atoms with Gasteiger partial charge in [0.15, 0.2) is 0 Å². The summed E-state index contributed by atoms with van der Waals surface area (Å²) in [6.07, 6.45) is -0.494. The second-order valence-corrected chi connectivity index (χ2v) is 14.6. The minimum Gasteiger partial charge on any atom is -0.496 e. The molecule has 1 saturated heterocycles. The number of amides is 2. The summed E-state index contributed by atoms with van der Waals surface area (Å²) < 4.78 is 6.02. The second-order valence-electron chi connectivity index (χ2n) is 14.6. The summed E-state index contributed by atoms with van der Waals surface area (Å²) in [5, 5.41) is 17.2. The average molecular weight is 668 g/mol. The minimum absolute atomic E-state index is 0.000141. The van der Waals surface area contributed by atoms with Crippen molar-refractivity contribution in [3.8, 4) is 16.9 Å². The summed E-state index contributed by atoms with van der Waals surface area (Å²) in [4.78, 5) is 40.8. The number of hydrogen-bond acceptors (Lipinski definition) is 9. The third-order valence-corrected chi connectivity index (χ3v) is 11.4. The van der Waals surface area contributed by atoms with Gasteiger partial charge in [0.1, 0.15) is 11.8 Å².